The monoisotopic (exact) mass is 400 g/mol. The van der Waals surface area contributed by atoms with Crippen molar-refractivity contribution in [3.05, 3.63) is 65.0 Å². The number of ether oxygens (including phenoxy) is 1. The van der Waals surface area contributed by atoms with Gasteiger partial charge < -0.3 is 9.64 Å². The Morgan fingerprint density at radius 2 is 1.86 bits per heavy atom. The summed E-state index contributed by atoms with van der Waals surface area (Å²) in [7, 11) is 0. The average Bonchev–Trinajstić information content (AvgIpc) is 3.14. The molecule has 0 radical (unpaired) electrons. The SMILES string of the molecule is N#Cc1cc(OC2CN(C(=O)N3N=CCC3c3cc(F)cc(F)c3)C2)ccc1F. The molecule has 0 spiro atoms. The van der Waals surface area contributed by atoms with Gasteiger partial charge in [-0.1, -0.05) is 0 Å². The number of hydrogen-bond donors (Lipinski definition) is 0. The molecule has 0 N–H and O–H groups in total. The van der Waals surface area contributed by atoms with Gasteiger partial charge in [-0.2, -0.15) is 10.4 Å². The number of nitriles is 1. The van der Waals surface area contributed by atoms with E-state index in [0.29, 0.717) is 17.7 Å². The smallest absolute Gasteiger partial charge is 0.341 e. The third-order valence-electron chi connectivity index (χ3n) is 4.78. The highest BCUT2D eigenvalue weighted by Gasteiger charge is 2.39. The van der Waals surface area contributed by atoms with E-state index in [2.05, 4.69) is 5.10 Å². The second-order valence-corrected chi connectivity index (χ2v) is 6.78. The first-order chi connectivity index (χ1) is 13.9. The minimum absolute atomic E-state index is 0.119. The minimum Gasteiger partial charge on any atom is -0.487 e. The fourth-order valence-electron chi connectivity index (χ4n) is 3.31. The van der Waals surface area contributed by atoms with Gasteiger partial charge in [0.2, 0.25) is 0 Å². The highest BCUT2D eigenvalue weighted by Crippen LogP contribution is 2.31. The van der Waals surface area contributed by atoms with Gasteiger partial charge >= 0.3 is 6.03 Å². The van der Waals surface area contributed by atoms with Gasteiger partial charge in [-0.25, -0.2) is 23.0 Å². The van der Waals surface area contributed by atoms with Crippen molar-refractivity contribution < 1.29 is 22.7 Å². The Balaban J connectivity index is 1.38. The molecule has 0 aromatic heterocycles. The van der Waals surface area contributed by atoms with Crippen molar-refractivity contribution in [3.8, 4) is 11.8 Å². The Hall–Kier alpha value is -3.54. The van der Waals surface area contributed by atoms with E-state index in [4.69, 9.17) is 10.00 Å². The molecule has 148 valence electrons. The van der Waals surface area contributed by atoms with E-state index < -0.39 is 29.5 Å². The summed E-state index contributed by atoms with van der Waals surface area (Å²) in [5.74, 6) is -1.72. The van der Waals surface area contributed by atoms with Crippen LogP contribution in [-0.2, 0) is 0 Å². The zero-order valence-corrected chi connectivity index (χ0v) is 15.1. The predicted molar refractivity (Wildman–Crippen MR) is 96.5 cm³/mol. The standard InChI is InChI=1S/C20H15F3N4O2/c21-14-5-12(6-15(22)8-14)19-3-4-25-27(19)20(28)26-10-17(11-26)29-16-1-2-18(23)13(7-16)9-24/h1-2,4-8,17,19H,3,10-11H2. The molecule has 0 aliphatic carbocycles. The van der Waals surface area contributed by atoms with Gasteiger partial charge in [0.1, 0.15) is 35.4 Å². The summed E-state index contributed by atoms with van der Waals surface area (Å²) in [5, 5.41) is 14.1. The number of carbonyl (C=O) groups excluding carboxylic acids is 1. The zero-order chi connectivity index (χ0) is 20.5. The Morgan fingerprint density at radius 1 is 1.14 bits per heavy atom. The molecule has 4 rings (SSSR count). The average molecular weight is 400 g/mol. The van der Waals surface area contributed by atoms with Gasteiger partial charge in [-0.15, -0.1) is 0 Å². The number of halogens is 3. The number of amides is 2. The third-order valence-corrected chi connectivity index (χ3v) is 4.78. The molecule has 2 amide bonds. The molecule has 2 heterocycles. The van der Waals surface area contributed by atoms with E-state index in [9.17, 15) is 18.0 Å². The molecule has 2 aliphatic heterocycles. The van der Waals surface area contributed by atoms with E-state index in [-0.39, 0.29) is 24.8 Å². The van der Waals surface area contributed by atoms with Gasteiger partial charge in [0, 0.05) is 24.8 Å². The fourth-order valence-corrected chi connectivity index (χ4v) is 3.31. The van der Waals surface area contributed by atoms with Crippen molar-refractivity contribution in [2.45, 2.75) is 18.6 Å². The summed E-state index contributed by atoms with van der Waals surface area (Å²) in [5.41, 5.74) is 0.211. The van der Waals surface area contributed by atoms with Gasteiger partial charge in [0.15, 0.2) is 0 Å². The van der Waals surface area contributed by atoms with Crippen LogP contribution in [0.25, 0.3) is 0 Å². The largest absolute Gasteiger partial charge is 0.487 e. The number of urea groups is 1. The van der Waals surface area contributed by atoms with Crippen LogP contribution < -0.4 is 4.74 Å². The summed E-state index contributed by atoms with van der Waals surface area (Å²) in [6.07, 6.45) is 1.57. The molecule has 6 nitrogen and oxygen atoms in total. The Kier molecular flexibility index (Phi) is 4.84. The molecule has 0 bridgehead atoms. The first-order valence-electron chi connectivity index (χ1n) is 8.87. The number of hydrazone groups is 1. The number of nitrogens with zero attached hydrogens (tertiary/aromatic N) is 4. The summed E-state index contributed by atoms with van der Waals surface area (Å²) in [6, 6.07) is 7.78. The van der Waals surface area contributed by atoms with Gasteiger partial charge in [-0.3, -0.25) is 0 Å². The van der Waals surface area contributed by atoms with Crippen molar-refractivity contribution in [2.75, 3.05) is 13.1 Å². The van der Waals surface area contributed by atoms with Gasteiger partial charge in [-0.05, 0) is 29.8 Å². The molecule has 29 heavy (non-hydrogen) atoms. The summed E-state index contributed by atoms with van der Waals surface area (Å²) in [6.45, 7) is 0.544. The second kappa shape index (κ2) is 7.47. The number of hydrogen-bond acceptors (Lipinski definition) is 4. The molecule has 2 aromatic carbocycles. The summed E-state index contributed by atoms with van der Waals surface area (Å²) < 4.78 is 46.1. The number of rotatable bonds is 3. The van der Waals surface area contributed by atoms with Crippen LogP contribution in [0.2, 0.25) is 0 Å². The molecule has 2 aromatic rings. The molecule has 1 saturated heterocycles. The van der Waals surface area contributed by atoms with Crippen LogP contribution in [0.5, 0.6) is 5.75 Å². The van der Waals surface area contributed by atoms with Crippen molar-refractivity contribution in [3.63, 3.8) is 0 Å². The molecule has 0 saturated carbocycles. The van der Waals surface area contributed by atoms with Gasteiger partial charge in [0.25, 0.3) is 0 Å². The van der Waals surface area contributed by atoms with Crippen molar-refractivity contribution in [1.82, 2.24) is 9.91 Å². The third kappa shape index (κ3) is 3.74. The van der Waals surface area contributed by atoms with Crippen molar-refractivity contribution in [1.29, 1.82) is 5.26 Å². The van der Waals surface area contributed by atoms with Crippen LogP contribution in [0.4, 0.5) is 18.0 Å². The lowest BCUT2D eigenvalue weighted by atomic mass is 10.0. The highest BCUT2D eigenvalue weighted by molar-refractivity contribution is 5.79. The molecule has 1 unspecified atom stereocenters. The molecular weight excluding hydrogens is 385 g/mol. The van der Waals surface area contributed by atoms with E-state index in [1.54, 1.807) is 6.07 Å². The molecule has 1 fully saturated rings. The van der Waals surface area contributed by atoms with Crippen molar-refractivity contribution >= 4 is 12.2 Å². The maximum absolute atomic E-state index is 13.5. The topological polar surface area (TPSA) is 68.9 Å². The molecular formula is C20H15F3N4O2. The van der Waals surface area contributed by atoms with Gasteiger partial charge in [0.05, 0.1) is 24.7 Å². The Bertz CT molecular complexity index is 1010. The maximum atomic E-state index is 13.5. The second-order valence-electron chi connectivity index (χ2n) is 6.78. The Labute approximate surface area is 164 Å². The Morgan fingerprint density at radius 3 is 2.55 bits per heavy atom. The molecule has 9 heteroatoms. The van der Waals surface area contributed by atoms with Crippen LogP contribution in [0, 0.1) is 28.8 Å². The van der Waals surface area contributed by atoms with E-state index >= 15 is 0 Å². The molecule has 1 atom stereocenters. The normalized spacial score (nSPS) is 18.5. The summed E-state index contributed by atoms with van der Waals surface area (Å²) in [4.78, 5) is 14.2. The zero-order valence-electron chi connectivity index (χ0n) is 15.1. The first-order valence-corrected chi connectivity index (χ1v) is 8.87. The lowest BCUT2D eigenvalue weighted by Crippen LogP contribution is -2.58. The highest BCUT2D eigenvalue weighted by atomic mass is 19.1. The number of likely N-dealkylation sites (tertiary alicyclic amines) is 1. The van der Waals surface area contributed by atoms with Crippen LogP contribution in [0.3, 0.4) is 0 Å². The lowest BCUT2D eigenvalue weighted by Gasteiger charge is -2.41. The van der Waals surface area contributed by atoms with Crippen LogP contribution >= 0.6 is 0 Å². The first kappa shape index (κ1) is 18.8. The maximum Gasteiger partial charge on any atom is 0.341 e. The van der Waals surface area contributed by atoms with E-state index in [1.165, 1.54) is 40.4 Å². The predicted octanol–water partition coefficient (Wildman–Crippen LogP) is 3.59. The van der Waals surface area contributed by atoms with E-state index in [0.717, 1.165) is 12.1 Å². The lowest BCUT2D eigenvalue weighted by molar-refractivity contribution is 0.0276. The van der Waals surface area contributed by atoms with Crippen LogP contribution in [-0.4, -0.2) is 41.3 Å². The quantitative estimate of drug-likeness (QED) is 0.791. The van der Waals surface area contributed by atoms with E-state index in [1.807, 2.05) is 0 Å². The van der Waals surface area contributed by atoms with Crippen molar-refractivity contribution in [2.24, 2.45) is 5.10 Å². The van der Waals surface area contributed by atoms with Crippen LogP contribution in [0.1, 0.15) is 23.6 Å². The van der Waals surface area contributed by atoms with Crippen LogP contribution in [0.15, 0.2) is 41.5 Å². The minimum atomic E-state index is -0.715. The summed E-state index contributed by atoms with van der Waals surface area (Å²) >= 11 is 0. The molecule has 2 aliphatic rings. The number of carbonyl (C=O) groups is 1. The number of benzene rings is 2. The fraction of sp³-hybridized carbons (Fsp3) is 0.250.